The number of benzene rings is 1. The maximum absolute atomic E-state index is 13.4. The van der Waals surface area contributed by atoms with Crippen LogP contribution in [-0.2, 0) is 35.3 Å². The van der Waals surface area contributed by atoms with Gasteiger partial charge in [0, 0.05) is 19.6 Å². The minimum Gasteiger partial charge on any atom is -0.462 e. The zero-order valence-corrected chi connectivity index (χ0v) is 43.1. The van der Waals surface area contributed by atoms with Crippen molar-refractivity contribution in [2.45, 2.75) is 276 Å². The first-order chi connectivity index (χ1) is 32.8. The van der Waals surface area contributed by atoms with E-state index in [0.717, 1.165) is 63.4 Å². The topological polar surface area (TPSA) is 163 Å². The molecule has 0 radical (unpaired) electrons. The molecule has 0 fully saturated rings. The third-order valence-corrected chi connectivity index (χ3v) is 12.9. The molecule has 1 rings (SSSR count). The van der Waals surface area contributed by atoms with Gasteiger partial charge < -0.3 is 35.6 Å². The van der Waals surface area contributed by atoms with Crippen molar-refractivity contribution in [3.8, 4) is 0 Å². The lowest BCUT2D eigenvalue weighted by atomic mass is 10.0. The fourth-order valence-corrected chi connectivity index (χ4v) is 8.67. The fraction of sp³-hybridized carbons (Fsp3) is 0.821. The Morgan fingerprint density at radius 1 is 0.522 bits per heavy atom. The van der Waals surface area contributed by atoms with E-state index in [2.05, 4.69) is 36.7 Å². The Balaban J connectivity index is 2.63. The molecule has 388 valence electrons. The van der Waals surface area contributed by atoms with Crippen molar-refractivity contribution in [1.29, 1.82) is 0 Å². The smallest absolute Gasteiger partial charge is 0.306 e. The number of esters is 1. The van der Waals surface area contributed by atoms with Crippen LogP contribution in [0.25, 0.3) is 0 Å². The number of amides is 3. The van der Waals surface area contributed by atoms with E-state index in [0.29, 0.717) is 32.3 Å². The number of nitrogens with one attached hydrogen (secondary N) is 3. The zero-order valence-electron chi connectivity index (χ0n) is 43.1. The van der Waals surface area contributed by atoms with E-state index >= 15 is 0 Å². The maximum Gasteiger partial charge on any atom is 0.306 e. The zero-order chi connectivity index (χ0) is 48.8. The number of hydrogen-bond donors (Lipinski definition) is 5. The minimum atomic E-state index is -0.949. The number of rotatable bonds is 48. The van der Waals surface area contributed by atoms with E-state index in [1.165, 1.54) is 122 Å². The molecule has 0 aromatic heterocycles. The van der Waals surface area contributed by atoms with E-state index < -0.39 is 30.0 Å². The van der Waals surface area contributed by atoms with Gasteiger partial charge in [-0.1, -0.05) is 212 Å². The van der Waals surface area contributed by atoms with Gasteiger partial charge in [0.25, 0.3) is 0 Å². The van der Waals surface area contributed by atoms with Crippen molar-refractivity contribution in [2.24, 2.45) is 0 Å². The third-order valence-electron chi connectivity index (χ3n) is 12.9. The van der Waals surface area contributed by atoms with Crippen molar-refractivity contribution >= 4 is 23.7 Å². The van der Waals surface area contributed by atoms with Gasteiger partial charge >= 0.3 is 5.97 Å². The minimum absolute atomic E-state index is 0.0368. The highest BCUT2D eigenvalue weighted by Crippen LogP contribution is 2.19. The molecule has 0 aliphatic carbocycles. The second-order valence-electron chi connectivity index (χ2n) is 19.3. The highest BCUT2D eigenvalue weighted by molar-refractivity contribution is 5.87. The van der Waals surface area contributed by atoms with Crippen LogP contribution >= 0.6 is 0 Å². The predicted molar refractivity (Wildman–Crippen MR) is 275 cm³/mol. The highest BCUT2D eigenvalue weighted by atomic mass is 16.5. The van der Waals surface area contributed by atoms with Crippen molar-refractivity contribution in [2.75, 3.05) is 19.8 Å². The molecule has 1 aromatic rings. The molecule has 0 bridgehead atoms. The molecule has 3 amide bonds. The Hall–Kier alpha value is -3.02. The van der Waals surface area contributed by atoms with Gasteiger partial charge in [-0.05, 0) is 50.5 Å². The first kappa shape index (κ1) is 62.0. The normalized spacial score (nSPS) is 13.1. The molecule has 11 nitrogen and oxygen atoms in total. The molecular formula is C56H101N3O8. The quantitative estimate of drug-likeness (QED) is 0.0318. The van der Waals surface area contributed by atoms with Crippen LogP contribution in [0.4, 0.5) is 0 Å². The molecular weight excluding hydrogens is 843 g/mol. The van der Waals surface area contributed by atoms with Crippen LogP contribution in [0.3, 0.4) is 0 Å². The van der Waals surface area contributed by atoms with Crippen LogP contribution in [0.15, 0.2) is 30.3 Å². The molecule has 0 heterocycles. The largest absolute Gasteiger partial charge is 0.462 e. The molecule has 1 aromatic carbocycles. The van der Waals surface area contributed by atoms with Crippen LogP contribution in [-0.4, -0.2) is 78.0 Å². The maximum atomic E-state index is 13.4. The van der Waals surface area contributed by atoms with E-state index in [1.54, 1.807) is 0 Å². The average molecular weight is 944 g/mol. The van der Waals surface area contributed by atoms with Gasteiger partial charge in [-0.2, -0.15) is 0 Å². The molecule has 0 spiro atoms. The standard InChI is InChI=1S/C56H101N3O8/c1-4-7-10-13-16-19-22-25-31-38-50(66-47-48-35-29-28-30-36-48)44-53(62)58-49(46-61)37-34-42-57-56(65)52(41-43-60)59-54(63)45-51(39-32-26-23-20-17-14-11-8-5-2)67-55(64)40-33-27-24-21-18-15-12-9-6-3/h28-30,35-36,49-52,60-61H,4-27,31-34,37-47H2,1-3H3,(H,57,65)(H,58,62)(H,59,63)/t49-,50+,51+,52+/m1/s1. The average Bonchev–Trinajstić information content (AvgIpc) is 3.32. The summed E-state index contributed by atoms with van der Waals surface area (Å²) in [4.78, 5) is 52.8. The molecule has 67 heavy (non-hydrogen) atoms. The SMILES string of the molecule is CCCCCCCCCCCC(=O)O[C@@H](CCCCCCCCCCC)CC(=O)N[C@@H](CCO)C(=O)NCCC[C@H](CO)NC(=O)C[C@H](CCCCCCCCCCC)OCc1ccccc1. The molecule has 0 saturated heterocycles. The van der Waals surface area contributed by atoms with E-state index in [-0.39, 0.29) is 57.0 Å². The summed E-state index contributed by atoms with van der Waals surface area (Å²) in [7, 11) is 0. The van der Waals surface area contributed by atoms with E-state index in [9.17, 15) is 29.4 Å². The lowest BCUT2D eigenvalue weighted by molar-refractivity contribution is -0.151. The summed E-state index contributed by atoms with van der Waals surface area (Å²) in [6.07, 6.45) is 34.0. The number of carbonyl (C=O) groups excluding carboxylic acids is 4. The third kappa shape index (κ3) is 37.5. The van der Waals surface area contributed by atoms with E-state index in [1.807, 2.05) is 30.3 Å². The van der Waals surface area contributed by atoms with Crippen LogP contribution < -0.4 is 16.0 Å². The molecule has 0 aliphatic heterocycles. The summed E-state index contributed by atoms with van der Waals surface area (Å²) in [6, 6.07) is 8.54. The van der Waals surface area contributed by atoms with Crippen LogP contribution in [0.2, 0.25) is 0 Å². The second kappa shape index (κ2) is 45.4. The van der Waals surface area contributed by atoms with Gasteiger partial charge in [0.2, 0.25) is 17.7 Å². The molecule has 11 heteroatoms. The predicted octanol–water partition coefficient (Wildman–Crippen LogP) is 12.3. The number of aliphatic hydroxyl groups excluding tert-OH is 2. The van der Waals surface area contributed by atoms with Crippen molar-refractivity contribution in [3.05, 3.63) is 35.9 Å². The number of aliphatic hydroxyl groups is 2. The van der Waals surface area contributed by atoms with Gasteiger partial charge in [-0.15, -0.1) is 0 Å². The first-order valence-corrected chi connectivity index (χ1v) is 27.7. The van der Waals surface area contributed by atoms with Gasteiger partial charge in [0.1, 0.15) is 12.1 Å². The Labute approximate surface area is 409 Å². The van der Waals surface area contributed by atoms with Crippen molar-refractivity contribution in [3.63, 3.8) is 0 Å². The monoisotopic (exact) mass is 944 g/mol. The Morgan fingerprint density at radius 2 is 0.985 bits per heavy atom. The summed E-state index contributed by atoms with van der Waals surface area (Å²) in [5.74, 6) is -1.26. The fourth-order valence-electron chi connectivity index (χ4n) is 8.67. The lowest BCUT2D eigenvalue weighted by Gasteiger charge is -2.22. The lowest BCUT2D eigenvalue weighted by Crippen LogP contribution is -2.48. The van der Waals surface area contributed by atoms with Gasteiger partial charge in [-0.3, -0.25) is 19.2 Å². The number of carbonyl (C=O) groups is 4. The first-order valence-electron chi connectivity index (χ1n) is 27.7. The van der Waals surface area contributed by atoms with Crippen LogP contribution in [0, 0.1) is 0 Å². The van der Waals surface area contributed by atoms with Crippen molar-refractivity contribution < 1.29 is 38.9 Å². The number of unbranched alkanes of at least 4 members (excludes halogenated alkanes) is 24. The van der Waals surface area contributed by atoms with Gasteiger partial charge in [0.15, 0.2) is 0 Å². The molecule has 0 aliphatic rings. The van der Waals surface area contributed by atoms with Crippen LogP contribution in [0.1, 0.15) is 251 Å². The molecule has 0 saturated carbocycles. The van der Waals surface area contributed by atoms with Crippen molar-refractivity contribution in [1.82, 2.24) is 16.0 Å². The molecule has 4 atom stereocenters. The molecule has 5 N–H and O–H groups in total. The van der Waals surface area contributed by atoms with E-state index in [4.69, 9.17) is 9.47 Å². The second-order valence-corrected chi connectivity index (χ2v) is 19.3. The summed E-state index contributed by atoms with van der Waals surface area (Å²) < 4.78 is 12.2. The van der Waals surface area contributed by atoms with Crippen LogP contribution in [0.5, 0.6) is 0 Å². The summed E-state index contributed by atoms with van der Waals surface area (Å²) in [5, 5.41) is 28.5. The Kier molecular flexibility index (Phi) is 42.0. The summed E-state index contributed by atoms with van der Waals surface area (Å²) >= 11 is 0. The summed E-state index contributed by atoms with van der Waals surface area (Å²) in [5.41, 5.74) is 1.06. The molecule has 0 unspecified atom stereocenters. The number of ether oxygens (including phenoxy) is 2. The highest BCUT2D eigenvalue weighted by Gasteiger charge is 2.24. The number of hydrogen-bond acceptors (Lipinski definition) is 8. The van der Waals surface area contributed by atoms with Gasteiger partial charge in [0.05, 0.1) is 38.2 Å². The van der Waals surface area contributed by atoms with Gasteiger partial charge in [-0.25, -0.2) is 0 Å². The summed E-state index contributed by atoms with van der Waals surface area (Å²) in [6.45, 7) is 6.86. The Morgan fingerprint density at radius 3 is 1.49 bits per heavy atom. The Bertz CT molecular complexity index is 1320.